The summed E-state index contributed by atoms with van der Waals surface area (Å²) in [6.45, 7) is 2.84. The molecule has 5 heteroatoms. The Morgan fingerprint density at radius 3 is 2.84 bits per heavy atom. The molecule has 5 nitrogen and oxygen atoms in total. The molecule has 0 saturated heterocycles. The Morgan fingerprint density at radius 1 is 1.16 bits per heavy atom. The molecule has 1 aliphatic rings. The van der Waals surface area contributed by atoms with Gasteiger partial charge in [-0.15, -0.1) is 0 Å². The number of carbonyl (C=O) groups excluding carboxylic acids is 1. The Bertz CT molecular complexity index is 1020. The van der Waals surface area contributed by atoms with Crippen molar-refractivity contribution in [3.05, 3.63) is 70.1 Å². The largest absolute Gasteiger partial charge is 0.490 e. The number of amides is 1. The van der Waals surface area contributed by atoms with Gasteiger partial charge in [0, 0.05) is 6.07 Å². The van der Waals surface area contributed by atoms with Crippen LogP contribution in [0.3, 0.4) is 0 Å². The first-order chi connectivity index (χ1) is 12.2. The average molecular weight is 335 g/mol. The Balaban J connectivity index is 1.78. The number of hydrogen-bond acceptors (Lipinski definition) is 4. The summed E-state index contributed by atoms with van der Waals surface area (Å²) in [6.07, 6.45) is 0.834. The predicted octanol–water partition coefficient (Wildman–Crippen LogP) is 3.39. The predicted molar refractivity (Wildman–Crippen MR) is 95.5 cm³/mol. The molecule has 0 radical (unpaired) electrons. The fraction of sp³-hybridized carbons (Fsp3) is 0.200. The number of fused-ring (bicyclic) bond motifs is 2. The third-order valence-corrected chi connectivity index (χ3v) is 4.38. The van der Waals surface area contributed by atoms with E-state index in [2.05, 4.69) is 0 Å². The third kappa shape index (κ3) is 2.67. The molecule has 2 aromatic carbocycles. The standard InChI is InChI=1S/C20H17NO4/c1-2-13-7-8-17-14(11-13)16(22)12-19(25-17)20(23)21-9-10-24-18-6-4-3-5-15(18)21/h3-8,11-12H,2,9-10H2,1H3. The van der Waals surface area contributed by atoms with Crippen molar-refractivity contribution in [2.45, 2.75) is 13.3 Å². The van der Waals surface area contributed by atoms with E-state index in [0.29, 0.717) is 35.6 Å². The summed E-state index contributed by atoms with van der Waals surface area (Å²) >= 11 is 0. The minimum Gasteiger partial charge on any atom is -0.490 e. The quantitative estimate of drug-likeness (QED) is 0.720. The molecule has 2 heterocycles. The van der Waals surface area contributed by atoms with Gasteiger partial charge >= 0.3 is 0 Å². The summed E-state index contributed by atoms with van der Waals surface area (Å²) in [6, 6.07) is 14.1. The molecule has 3 aromatic rings. The van der Waals surface area contributed by atoms with Gasteiger partial charge in [-0.25, -0.2) is 0 Å². The molecule has 0 fully saturated rings. The van der Waals surface area contributed by atoms with Crippen LogP contribution < -0.4 is 15.1 Å². The number of carbonyl (C=O) groups is 1. The lowest BCUT2D eigenvalue weighted by Crippen LogP contribution is -2.38. The van der Waals surface area contributed by atoms with E-state index in [1.165, 1.54) is 6.07 Å². The van der Waals surface area contributed by atoms with E-state index in [9.17, 15) is 9.59 Å². The van der Waals surface area contributed by atoms with Gasteiger partial charge in [0.25, 0.3) is 5.91 Å². The molecule has 1 amide bonds. The highest BCUT2D eigenvalue weighted by Crippen LogP contribution is 2.32. The van der Waals surface area contributed by atoms with Gasteiger partial charge < -0.3 is 9.15 Å². The maximum atomic E-state index is 12.9. The number of anilines is 1. The summed E-state index contributed by atoms with van der Waals surface area (Å²) in [4.78, 5) is 27.0. The van der Waals surface area contributed by atoms with Crippen LogP contribution in [0.2, 0.25) is 0 Å². The number of rotatable bonds is 2. The van der Waals surface area contributed by atoms with Crippen molar-refractivity contribution in [3.8, 4) is 5.75 Å². The summed E-state index contributed by atoms with van der Waals surface area (Å²) in [5, 5.41) is 0.498. The van der Waals surface area contributed by atoms with E-state index in [1.54, 1.807) is 11.0 Å². The molecule has 0 bridgehead atoms. The number of benzene rings is 2. The Kier molecular flexibility index (Phi) is 3.76. The van der Waals surface area contributed by atoms with Crippen LogP contribution in [-0.2, 0) is 6.42 Å². The van der Waals surface area contributed by atoms with Gasteiger partial charge in [-0.2, -0.15) is 0 Å². The summed E-state index contributed by atoms with van der Waals surface area (Å²) in [5.74, 6) is 0.352. The van der Waals surface area contributed by atoms with Gasteiger partial charge in [0.1, 0.15) is 17.9 Å². The first kappa shape index (κ1) is 15.4. The molecule has 0 N–H and O–H groups in total. The van der Waals surface area contributed by atoms with Gasteiger partial charge in [-0.3, -0.25) is 14.5 Å². The minimum atomic E-state index is -0.339. The van der Waals surface area contributed by atoms with E-state index in [-0.39, 0.29) is 17.1 Å². The van der Waals surface area contributed by atoms with Crippen LogP contribution in [0.1, 0.15) is 23.0 Å². The lowest BCUT2D eigenvalue weighted by Gasteiger charge is -2.28. The summed E-state index contributed by atoms with van der Waals surface area (Å²) in [7, 11) is 0. The zero-order valence-electron chi connectivity index (χ0n) is 13.8. The van der Waals surface area contributed by atoms with Crippen molar-refractivity contribution in [3.63, 3.8) is 0 Å². The van der Waals surface area contributed by atoms with E-state index in [4.69, 9.17) is 9.15 Å². The van der Waals surface area contributed by atoms with Gasteiger partial charge in [-0.05, 0) is 36.2 Å². The molecule has 0 saturated carbocycles. The van der Waals surface area contributed by atoms with Gasteiger partial charge in [0.15, 0.2) is 11.2 Å². The normalized spacial score (nSPS) is 13.4. The first-order valence-electron chi connectivity index (χ1n) is 8.28. The number of ether oxygens (including phenoxy) is 1. The highest BCUT2D eigenvalue weighted by atomic mass is 16.5. The molecule has 4 rings (SSSR count). The van der Waals surface area contributed by atoms with Crippen molar-refractivity contribution in [2.75, 3.05) is 18.1 Å². The fourth-order valence-electron chi connectivity index (χ4n) is 3.04. The maximum Gasteiger partial charge on any atom is 0.294 e. The van der Waals surface area contributed by atoms with Crippen molar-refractivity contribution >= 4 is 22.6 Å². The lowest BCUT2D eigenvalue weighted by molar-refractivity contribution is 0.0950. The molecule has 126 valence electrons. The van der Waals surface area contributed by atoms with E-state index in [0.717, 1.165) is 12.0 Å². The maximum absolute atomic E-state index is 12.9. The zero-order chi connectivity index (χ0) is 17.4. The second kappa shape index (κ2) is 6.09. The fourth-order valence-corrected chi connectivity index (χ4v) is 3.04. The van der Waals surface area contributed by atoms with Crippen molar-refractivity contribution in [1.82, 2.24) is 0 Å². The topological polar surface area (TPSA) is 59.8 Å². The van der Waals surface area contributed by atoms with Gasteiger partial charge in [0.05, 0.1) is 17.6 Å². The summed E-state index contributed by atoms with van der Waals surface area (Å²) < 4.78 is 11.3. The third-order valence-electron chi connectivity index (χ3n) is 4.38. The molecule has 0 spiro atoms. The smallest absolute Gasteiger partial charge is 0.294 e. The van der Waals surface area contributed by atoms with Crippen molar-refractivity contribution < 1.29 is 13.9 Å². The Labute approximate surface area is 144 Å². The zero-order valence-corrected chi connectivity index (χ0v) is 13.8. The highest BCUT2D eigenvalue weighted by molar-refractivity contribution is 6.05. The van der Waals surface area contributed by atoms with Crippen molar-refractivity contribution in [1.29, 1.82) is 0 Å². The van der Waals surface area contributed by atoms with Gasteiger partial charge in [-0.1, -0.05) is 25.1 Å². The van der Waals surface area contributed by atoms with Crippen LogP contribution >= 0.6 is 0 Å². The summed E-state index contributed by atoms with van der Waals surface area (Å²) in [5.41, 5.74) is 1.96. The molecule has 25 heavy (non-hydrogen) atoms. The molecule has 0 unspecified atom stereocenters. The van der Waals surface area contributed by atoms with Gasteiger partial charge in [0.2, 0.25) is 0 Å². The molecular weight excluding hydrogens is 318 g/mol. The van der Waals surface area contributed by atoms with Crippen LogP contribution in [0.5, 0.6) is 5.75 Å². The minimum absolute atomic E-state index is 0.0402. The second-order valence-electron chi connectivity index (χ2n) is 5.93. The van der Waals surface area contributed by atoms with E-state index in [1.807, 2.05) is 43.3 Å². The molecular formula is C20H17NO4. The average Bonchev–Trinajstić information content (AvgIpc) is 2.66. The molecule has 1 aromatic heterocycles. The number of hydrogen-bond donors (Lipinski definition) is 0. The number of aryl methyl sites for hydroxylation is 1. The lowest BCUT2D eigenvalue weighted by atomic mass is 10.1. The van der Waals surface area contributed by atoms with Crippen LogP contribution in [0.15, 0.2) is 57.7 Å². The van der Waals surface area contributed by atoms with E-state index < -0.39 is 0 Å². The molecule has 0 atom stereocenters. The van der Waals surface area contributed by atoms with Crippen LogP contribution in [-0.4, -0.2) is 19.1 Å². The van der Waals surface area contributed by atoms with Crippen LogP contribution in [0, 0.1) is 0 Å². The SMILES string of the molecule is CCc1ccc2oc(C(=O)N3CCOc4ccccc43)cc(=O)c2c1. The highest BCUT2D eigenvalue weighted by Gasteiger charge is 2.26. The van der Waals surface area contributed by atoms with Crippen LogP contribution in [0.4, 0.5) is 5.69 Å². The molecule has 1 aliphatic heterocycles. The van der Waals surface area contributed by atoms with Crippen LogP contribution in [0.25, 0.3) is 11.0 Å². The molecule has 0 aliphatic carbocycles. The Hall–Kier alpha value is -3.08. The monoisotopic (exact) mass is 335 g/mol. The number of para-hydroxylation sites is 2. The second-order valence-corrected chi connectivity index (χ2v) is 5.93. The van der Waals surface area contributed by atoms with E-state index >= 15 is 0 Å². The first-order valence-corrected chi connectivity index (χ1v) is 8.28. The Morgan fingerprint density at radius 2 is 2.00 bits per heavy atom. The number of nitrogens with zero attached hydrogens (tertiary/aromatic N) is 1. The van der Waals surface area contributed by atoms with Crippen molar-refractivity contribution in [2.24, 2.45) is 0 Å².